The van der Waals surface area contributed by atoms with Crippen LogP contribution >= 0.6 is 23.5 Å². The number of aliphatic imine (C=N–C) groups is 1. The number of nitrogens with one attached hydrogen (secondary N) is 2. The van der Waals surface area contributed by atoms with Crippen molar-refractivity contribution >= 4 is 64.5 Å². The SMILES string of the molecule is CNc1c(N(C)C(=Nc2cc(-c3cc(F)cc(F)c3)ccc2C=O)C(Cc2cc(F)cc(F)c2)NC(=O)Cn2nc(C(F)F)c3c2C(F)(F)C(C)C3)ccc(Cl)c1C(N)=NSC. The first-order chi connectivity index (χ1) is 29.4. The highest BCUT2D eigenvalue weighted by Gasteiger charge is 2.51. The van der Waals surface area contributed by atoms with E-state index in [1.165, 1.54) is 49.2 Å². The number of amidine groups is 2. The summed E-state index contributed by atoms with van der Waals surface area (Å²) in [5, 5.41) is 9.56. The number of fused-ring (bicyclic) bond motifs is 1. The molecule has 0 saturated carbocycles. The number of anilines is 2. The van der Waals surface area contributed by atoms with Crippen molar-refractivity contribution in [1.82, 2.24) is 15.1 Å². The molecule has 0 spiro atoms. The van der Waals surface area contributed by atoms with E-state index < -0.39 is 84.3 Å². The van der Waals surface area contributed by atoms with Crippen LogP contribution in [-0.2, 0) is 30.1 Å². The summed E-state index contributed by atoms with van der Waals surface area (Å²) < 4.78 is 122. The van der Waals surface area contributed by atoms with Crippen LogP contribution in [0.25, 0.3) is 11.1 Å². The molecule has 4 aromatic carbocycles. The van der Waals surface area contributed by atoms with Gasteiger partial charge in [-0.25, -0.2) is 31.3 Å². The predicted octanol–water partition coefficient (Wildman–Crippen LogP) is 9.41. The second-order valence-electron chi connectivity index (χ2n) is 14.3. The number of nitrogens with two attached hydrogens (primary N) is 1. The Morgan fingerprint density at radius 3 is 2.27 bits per heavy atom. The molecule has 1 aliphatic carbocycles. The summed E-state index contributed by atoms with van der Waals surface area (Å²) in [5.41, 5.74) is 5.04. The highest BCUT2D eigenvalue weighted by atomic mass is 35.5. The number of likely N-dealkylation sites (N-methyl/N-ethyl adjacent to an activating group) is 1. The van der Waals surface area contributed by atoms with Crippen molar-refractivity contribution in [3.63, 3.8) is 0 Å². The largest absolute Gasteiger partial charge is 0.386 e. The first kappa shape index (κ1) is 45.6. The zero-order chi connectivity index (χ0) is 45.2. The quantitative estimate of drug-likeness (QED) is 0.0333. The van der Waals surface area contributed by atoms with Crippen molar-refractivity contribution in [2.45, 2.75) is 44.7 Å². The second kappa shape index (κ2) is 18.6. The smallest absolute Gasteiger partial charge is 0.292 e. The zero-order valence-electron chi connectivity index (χ0n) is 33.2. The molecular weight excluding hydrogens is 868 g/mol. The minimum absolute atomic E-state index is 0.0000120. The lowest BCUT2D eigenvalue weighted by Gasteiger charge is -2.31. The summed E-state index contributed by atoms with van der Waals surface area (Å²) in [6.45, 7) is 0.180. The van der Waals surface area contributed by atoms with Gasteiger partial charge in [0.25, 0.3) is 12.3 Å². The zero-order valence-corrected chi connectivity index (χ0v) is 34.8. The van der Waals surface area contributed by atoms with Crippen molar-refractivity contribution < 1.29 is 44.7 Å². The van der Waals surface area contributed by atoms with Gasteiger partial charge >= 0.3 is 0 Å². The maximum absolute atomic E-state index is 15.5. The Morgan fingerprint density at radius 1 is 1.03 bits per heavy atom. The standard InChI is InChI=1S/C42H37ClF8N8O2S/c1-20-9-29-36(39(48)49)56-59(38(29)42(20,50)51)18-34(61)54-32(12-21-10-25(44)16-26(45)11-21)41(58(3)33-8-7-30(43)35(37(33)53-2)40(52)57-62-4)55-31-15-22(5-6-23(31)19-60)24-13-27(46)17-28(47)14-24/h5-8,10-11,13-17,19-20,32,39,53H,9,12,18H2,1-4H3,(H2,52,57)(H,54,61). The van der Waals surface area contributed by atoms with Gasteiger partial charge in [-0.1, -0.05) is 24.6 Å². The number of rotatable bonds is 14. The Hall–Kier alpha value is -5.95. The maximum Gasteiger partial charge on any atom is 0.292 e. The monoisotopic (exact) mass is 904 g/mol. The predicted molar refractivity (Wildman–Crippen MR) is 224 cm³/mol. The van der Waals surface area contributed by atoms with Gasteiger partial charge in [-0.15, -0.1) is 0 Å². The molecule has 0 saturated heterocycles. The summed E-state index contributed by atoms with van der Waals surface area (Å²) >= 11 is 7.65. The molecule has 10 nitrogen and oxygen atoms in total. The third-order valence-electron chi connectivity index (χ3n) is 10.2. The van der Waals surface area contributed by atoms with Crippen LogP contribution in [0, 0.1) is 29.2 Å². The molecule has 1 amide bonds. The minimum Gasteiger partial charge on any atom is -0.386 e. The number of aldehydes is 1. The second-order valence-corrected chi connectivity index (χ2v) is 15.3. The van der Waals surface area contributed by atoms with E-state index in [0.29, 0.717) is 23.1 Å². The topological polar surface area (TPSA) is 130 Å². The molecule has 20 heteroatoms. The maximum atomic E-state index is 15.5. The van der Waals surface area contributed by atoms with Gasteiger partial charge in [0, 0.05) is 55.9 Å². The summed E-state index contributed by atoms with van der Waals surface area (Å²) in [7, 11) is 3.02. The number of carbonyl (C=O) groups is 2. The molecule has 2 atom stereocenters. The Labute approximate surface area is 359 Å². The van der Waals surface area contributed by atoms with Gasteiger partial charge in [0.15, 0.2) is 6.29 Å². The van der Waals surface area contributed by atoms with E-state index in [2.05, 4.69) is 20.1 Å². The number of halogens is 9. The van der Waals surface area contributed by atoms with E-state index in [1.54, 1.807) is 13.3 Å². The molecule has 1 aliphatic rings. The first-order valence-electron chi connectivity index (χ1n) is 18.6. The van der Waals surface area contributed by atoms with Crippen LogP contribution in [0.15, 0.2) is 76.1 Å². The molecule has 0 fully saturated rings. The molecule has 326 valence electrons. The molecule has 0 radical (unpaired) electrons. The highest BCUT2D eigenvalue weighted by Crippen LogP contribution is 2.48. The molecule has 6 rings (SSSR count). The van der Waals surface area contributed by atoms with E-state index in [0.717, 1.165) is 36.2 Å². The number of amides is 1. The lowest BCUT2D eigenvalue weighted by molar-refractivity contribution is -0.122. The van der Waals surface area contributed by atoms with Crippen LogP contribution in [0.3, 0.4) is 0 Å². The first-order valence-corrected chi connectivity index (χ1v) is 20.2. The highest BCUT2D eigenvalue weighted by molar-refractivity contribution is 7.97. The van der Waals surface area contributed by atoms with Crippen molar-refractivity contribution in [1.29, 1.82) is 0 Å². The molecule has 62 heavy (non-hydrogen) atoms. The van der Waals surface area contributed by atoms with Crippen molar-refractivity contribution in [2.24, 2.45) is 21.0 Å². The van der Waals surface area contributed by atoms with Gasteiger partial charge in [0.05, 0.1) is 33.7 Å². The molecule has 4 N–H and O–H groups in total. The van der Waals surface area contributed by atoms with Crippen LogP contribution in [0.5, 0.6) is 0 Å². The average molecular weight is 905 g/mol. The Bertz CT molecular complexity index is 2570. The van der Waals surface area contributed by atoms with E-state index in [4.69, 9.17) is 22.3 Å². The summed E-state index contributed by atoms with van der Waals surface area (Å²) in [4.78, 5) is 32.9. The fourth-order valence-corrected chi connectivity index (χ4v) is 7.91. The number of hydrogen-bond donors (Lipinski definition) is 3. The van der Waals surface area contributed by atoms with Crippen molar-refractivity contribution in [3.05, 3.63) is 129 Å². The fraction of sp³-hybridized carbons (Fsp3) is 0.262. The van der Waals surface area contributed by atoms with Crippen LogP contribution in [0.2, 0.25) is 5.02 Å². The number of hydrogen-bond acceptors (Lipinski definition) is 7. The van der Waals surface area contributed by atoms with E-state index >= 15 is 8.78 Å². The number of carbonyl (C=O) groups excluding carboxylic acids is 2. The molecule has 2 unspecified atom stereocenters. The average Bonchev–Trinajstić information content (AvgIpc) is 3.67. The van der Waals surface area contributed by atoms with Gasteiger partial charge in [0.2, 0.25) is 5.91 Å². The lowest BCUT2D eigenvalue weighted by Crippen LogP contribution is -2.50. The Balaban J connectivity index is 1.58. The number of alkyl halides is 4. The van der Waals surface area contributed by atoms with Gasteiger partial charge in [-0.05, 0) is 83.6 Å². The van der Waals surface area contributed by atoms with Crippen LogP contribution in [0.1, 0.15) is 51.8 Å². The number of aromatic nitrogens is 2. The third-order valence-corrected chi connectivity index (χ3v) is 10.9. The van der Waals surface area contributed by atoms with Gasteiger partial charge in [0.1, 0.15) is 52.9 Å². The fourth-order valence-electron chi connectivity index (χ4n) is 7.36. The number of benzene rings is 4. The molecule has 5 aromatic rings. The molecular formula is C42H37ClF8N8O2S. The molecule has 1 aromatic heterocycles. The van der Waals surface area contributed by atoms with E-state index in [9.17, 15) is 35.9 Å². The molecule has 0 aliphatic heterocycles. The normalized spacial score (nSPS) is 15.4. The van der Waals surface area contributed by atoms with Gasteiger partial charge < -0.3 is 21.3 Å². The number of nitrogens with zero attached hydrogens (tertiary/aromatic N) is 5. The van der Waals surface area contributed by atoms with Crippen LogP contribution < -0.4 is 21.3 Å². The van der Waals surface area contributed by atoms with Gasteiger partial charge in [-0.2, -0.15) is 18.3 Å². The Kier molecular flexibility index (Phi) is 13.7. The van der Waals surface area contributed by atoms with Crippen molar-refractivity contribution in [2.75, 3.05) is 30.6 Å². The Morgan fingerprint density at radius 2 is 1.68 bits per heavy atom. The van der Waals surface area contributed by atoms with Crippen molar-refractivity contribution in [3.8, 4) is 11.1 Å². The summed E-state index contributed by atoms with van der Waals surface area (Å²) in [6.07, 6.45) is -1.99. The van der Waals surface area contributed by atoms with E-state index in [-0.39, 0.29) is 67.1 Å². The summed E-state index contributed by atoms with van der Waals surface area (Å²) in [5.74, 6) is -9.99. The molecule has 0 bridgehead atoms. The lowest BCUT2D eigenvalue weighted by atomic mass is 10.0. The molecule has 1 heterocycles. The third kappa shape index (κ3) is 9.42. The minimum atomic E-state index is -3.63. The van der Waals surface area contributed by atoms with Crippen LogP contribution in [0.4, 0.5) is 52.2 Å². The van der Waals surface area contributed by atoms with Gasteiger partial charge in [-0.3, -0.25) is 14.3 Å². The van der Waals surface area contributed by atoms with Crippen LogP contribution in [-0.4, -0.2) is 60.0 Å². The summed E-state index contributed by atoms with van der Waals surface area (Å²) in [6, 6.07) is 11.0. The van der Waals surface area contributed by atoms with E-state index in [1.807, 2.05) is 0 Å².